The summed E-state index contributed by atoms with van der Waals surface area (Å²) in [6.07, 6.45) is 1.52. The predicted octanol–water partition coefficient (Wildman–Crippen LogP) is 4.47. The zero-order chi connectivity index (χ0) is 21.0. The van der Waals surface area contributed by atoms with Crippen LogP contribution in [0.15, 0.2) is 29.6 Å². The van der Waals surface area contributed by atoms with Gasteiger partial charge in [0.25, 0.3) is 0 Å². The molecule has 0 aliphatic heterocycles. The molecule has 0 atom stereocenters. The van der Waals surface area contributed by atoms with Crippen molar-refractivity contribution in [3.05, 3.63) is 30.1 Å². The van der Waals surface area contributed by atoms with Crippen LogP contribution < -0.4 is 18.9 Å². The molecule has 2 heterocycles. The molecule has 3 aromatic rings. The number of methoxy groups -OCH3 is 2. The van der Waals surface area contributed by atoms with Crippen LogP contribution in [0.5, 0.6) is 23.0 Å². The number of aromatic amines is 1. The Morgan fingerprint density at radius 3 is 2.21 bits per heavy atom. The third-order valence-electron chi connectivity index (χ3n) is 3.64. The van der Waals surface area contributed by atoms with Crippen molar-refractivity contribution in [1.29, 1.82) is 0 Å². The molecule has 3 rings (SSSR count). The highest BCUT2D eigenvalue weighted by atomic mass is 32.2. The van der Waals surface area contributed by atoms with Gasteiger partial charge in [-0.3, -0.25) is 4.98 Å². The van der Waals surface area contributed by atoms with Crippen molar-refractivity contribution < 1.29 is 36.5 Å². The van der Waals surface area contributed by atoms with Gasteiger partial charge in [0.15, 0.2) is 28.2 Å². The Morgan fingerprint density at radius 1 is 0.931 bits per heavy atom. The Bertz CT molecular complexity index is 940. The van der Waals surface area contributed by atoms with E-state index in [0.717, 1.165) is 12.1 Å². The molecule has 0 bridgehead atoms. The molecule has 0 aliphatic rings. The number of hydrogen-bond donors (Lipinski definition) is 1. The fraction of sp³-hybridized carbons (Fsp3) is 0.294. The van der Waals surface area contributed by atoms with E-state index in [2.05, 4.69) is 24.4 Å². The lowest BCUT2D eigenvalue weighted by atomic mass is 10.3. The summed E-state index contributed by atoms with van der Waals surface area (Å²) in [4.78, 5) is 11.4. The first-order chi connectivity index (χ1) is 13.9. The lowest BCUT2D eigenvalue weighted by Gasteiger charge is -2.11. The van der Waals surface area contributed by atoms with Gasteiger partial charge in [-0.15, -0.1) is 0 Å². The molecule has 1 aromatic carbocycles. The molecule has 1 N–H and O–H groups in total. The van der Waals surface area contributed by atoms with Crippen LogP contribution in [-0.2, 0) is 5.75 Å². The van der Waals surface area contributed by atoms with E-state index in [9.17, 15) is 17.6 Å². The molecule has 0 fully saturated rings. The van der Waals surface area contributed by atoms with Crippen molar-refractivity contribution in [2.75, 3.05) is 14.2 Å². The molecule has 0 radical (unpaired) electrons. The van der Waals surface area contributed by atoms with E-state index in [1.54, 1.807) is 6.07 Å². The molecule has 0 saturated heterocycles. The van der Waals surface area contributed by atoms with Gasteiger partial charge in [-0.2, -0.15) is 17.6 Å². The second-order valence-corrected chi connectivity index (χ2v) is 6.40. The third-order valence-corrected chi connectivity index (χ3v) is 4.55. The molecule has 29 heavy (non-hydrogen) atoms. The van der Waals surface area contributed by atoms with Gasteiger partial charge in [0.05, 0.1) is 37.1 Å². The van der Waals surface area contributed by atoms with Crippen molar-refractivity contribution in [3.8, 4) is 23.0 Å². The first-order valence-corrected chi connectivity index (χ1v) is 9.01. The molecule has 0 unspecified atom stereocenters. The fourth-order valence-electron chi connectivity index (χ4n) is 2.44. The number of hydrogen-bond acceptors (Lipinski definition) is 7. The highest BCUT2D eigenvalue weighted by Crippen LogP contribution is 2.35. The monoisotopic (exact) mass is 433 g/mol. The summed E-state index contributed by atoms with van der Waals surface area (Å²) in [6.45, 7) is -6.39. The van der Waals surface area contributed by atoms with Crippen molar-refractivity contribution in [3.63, 3.8) is 0 Å². The van der Waals surface area contributed by atoms with Crippen LogP contribution in [0.4, 0.5) is 17.6 Å². The molecule has 0 spiro atoms. The molecule has 0 saturated carbocycles. The van der Waals surface area contributed by atoms with Crippen LogP contribution in [-0.4, -0.2) is 42.4 Å². The zero-order valence-corrected chi connectivity index (χ0v) is 15.9. The summed E-state index contributed by atoms with van der Waals surface area (Å²) in [5.74, 6) is 0.362. The lowest BCUT2D eigenvalue weighted by Crippen LogP contribution is -2.07. The van der Waals surface area contributed by atoms with E-state index in [1.165, 1.54) is 32.2 Å². The topological polar surface area (TPSA) is 78.5 Å². The van der Waals surface area contributed by atoms with Gasteiger partial charge in [-0.05, 0) is 0 Å². The smallest absolute Gasteiger partial charge is 0.387 e. The number of alkyl halides is 4. The van der Waals surface area contributed by atoms with E-state index in [4.69, 9.17) is 9.47 Å². The Hall–Kier alpha value is -2.89. The zero-order valence-electron chi connectivity index (χ0n) is 15.1. The average Bonchev–Trinajstić information content (AvgIpc) is 3.07. The normalized spacial score (nSPS) is 11.3. The van der Waals surface area contributed by atoms with Gasteiger partial charge >= 0.3 is 13.2 Å². The first kappa shape index (κ1) is 20.8. The number of rotatable bonds is 9. The Labute approximate surface area is 166 Å². The summed E-state index contributed by atoms with van der Waals surface area (Å²) >= 11 is 1.27. The minimum atomic E-state index is -3.20. The molecule has 0 amide bonds. The third kappa shape index (κ3) is 5.13. The second-order valence-electron chi connectivity index (χ2n) is 5.43. The Kier molecular flexibility index (Phi) is 6.52. The number of fused-ring (bicyclic) bond motifs is 1. The average molecular weight is 433 g/mol. The number of imidazole rings is 1. The van der Waals surface area contributed by atoms with Gasteiger partial charge in [-0.25, -0.2) is 4.98 Å². The van der Waals surface area contributed by atoms with E-state index in [-0.39, 0.29) is 5.52 Å². The number of nitrogens with one attached hydrogen (secondary N) is 1. The number of halogens is 4. The highest BCUT2D eigenvalue weighted by molar-refractivity contribution is 7.98. The number of nitrogens with zero attached hydrogens (tertiary/aromatic N) is 2. The standard InChI is InChI=1S/C17H15F4N3O4S/c1-25-11-3-8(22-6-14(11)26-2)7-29-17-23-9-4-12(27-15(18)19)13(28-16(20)21)5-10(9)24-17/h3-6,15-16H,7H2,1-2H3,(H,23,24). The van der Waals surface area contributed by atoms with Crippen LogP contribution >= 0.6 is 11.8 Å². The van der Waals surface area contributed by atoms with Crippen LogP contribution in [0.2, 0.25) is 0 Å². The Morgan fingerprint density at radius 2 is 1.59 bits per heavy atom. The minimum absolute atomic E-state index is 0.255. The summed E-state index contributed by atoms with van der Waals surface area (Å²) in [5, 5.41) is 0.425. The SMILES string of the molecule is COc1cnc(CSc2nc3cc(OC(F)F)c(OC(F)F)cc3[nH]2)cc1OC. The van der Waals surface area contributed by atoms with Crippen LogP contribution in [0, 0.1) is 0 Å². The number of pyridine rings is 1. The molecule has 156 valence electrons. The number of ether oxygens (including phenoxy) is 4. The highest BCUT2D eigenvalue weighted by Gasteiger charge is 2.18. The fourth-order valence-corrected chi connectivity index (χ4v) is 3.23. The van der Waals surface area contributed by atoms with Gasteiger partial charge in [0.1, 0.15) is 0 Å². The van der Waals surface area contributed by atoms with Gasteiger partial charge in [0, 0.05) is 24.0 Å². The maximum atomic E-state index is 12.5. The van der Waals surface area contributed by atoms with Crippen molar-refractivity contribution in [2.45, 2.75) is 24.1 Å². The largest absolute Gasteiger partial charge is 0.493 e. The number of aromatic nitrogens is 3. The van der Waals surface area contributed by atoms with Crippen molar-refractivity contribution in [1.82, 2.24) is 15.0 Å². The summed E-state index contributed by atoms with van der Waals surface area (Å²) < 4.78 is 69.0. The number of benzene rings is 1. The predicted molar refractivity (Wildman–Crippen MR) is 96.3 cm³/mol. The van der Waals surface area contributed by atoms with Crippen LogP contribution in [0.25, 0.3) is 11.0 Å². The minimum Gasteiger partial charge on any atom is -0.493 e. The molecular weight excluding hydrogens is 418 g/mol. The van der Waals surface area contributed by atoms with Crippen LogP contribution in [0.1, 0.15) is 5.69 Å². The van der Waals surface area contributed by atoms with E-state index >= 15 is 0 Å². The maximum absolute atomic E-state index is 12.5. The molecule has 2 aromatic heterocycles. The van der Waals surface area contributed by atoms with E-state index in [1.807, 2.05) is 0 Å². The maximum Gasteiger partial charge on any atom is 0.387 e. The van der Waals surface area contributed by atoms with Crippen molar-refractivity contribution in [2.24, 2.45) is 0 Å². The molecule has 7 nitrogen and oxygen atoms in total. The van der Waals surface area contributed by atoms with E-state index < -0.39 is 24.7 Å². The van der Waals surface area contributed by atoms with Gasteiger partial charge in [0.2, 0.25) is 0 Å². The van der Waals surface area contributed by atoms with Crippen LogP contribution in [0.3, 0.4) is 0 Å². The summed E-state index contributed by atoms with van der Waals surface area (Å²) in [7, 11) is 3.01. The summed E-state index contributed by atoms with van der Waals surface area (Å²) in [5.41, 5.74) is 1.26. The summed E-state index contributed by atoms with van der Waals surface area (Å²) in [6, 6.07) is 3.94. The van der Waals surface area contributed by atoms with E-state index in [0.29, 0.717) is 33.6 Å². The van der Waals surface area contributed by atoms with Gasteiger partial charge < -0.3 is 23.9 Å². The number of H-pyrrole nitrogens is 1. The van der Waals surface area contributed by atoms with Crippen molar-refractivity contribution >= 4 is 22.8 Å². The molecular formula is C17H15F4N3O4S. The molecule has 12 heteroatoms. The number of thioether (sulfide) groups is 1. The van der Waals surface area contributed by atoms with Gasteiger partial charge in [-0.1, -0.05) is 11.8 Å². The first-order valence-electron chi connectivity index (χ1n) is 8.02. The molecule has 0 aliphatic carbocycles. The quantitative estimate of drug-likeness (QED) is 0.394. The Balaban J connectivity index is 1.82. The lowest BCUT2D eigenvalue weighted by molar-refractivity contribution is -0.0690. The second kappa shape index (κ2) is 9.07.